The van der Waals surface area contributed by atoms with Crippen molar-refractivity contribution in [3.05, 3.63) is 0 Å². The predicted molar refractivity (Wildman–Crippen MR) is 67.3 cm³/mol. The molecule has 0 spiro atoms. The highest BCUT2D eigenvalue weighted by atomic mass is 32.1. The molecule has 8 heteroatoms. The highest BCUT2D eigenvalue weighted by Gasteiger charge is 2.21. The first-order valence-electron chi connectivity index (χ1n) is 5.47. The highest BCUT2D eigenvalue weighted by Crippen LogP contribution is 1.98. The van der Waals surface area contributed by atoms with Crippen molar-refractivity contribution in [2.75, 3.05) is 12.4 Å². The number of hydrogen-bond acceptors (Lipinski definition) is 6. The summed E-state index contributed by atoms with van der Waals surface area (Å²) in [5.74, 6) is -2.09. The lowest BCUT2D eigenvalue weighted by Gasteiger charge is -2.15. The number of esters is 1. The Morgan fingerprint density at radius 1 is 1.44 bits per heavy atom. The van der Waals surface area contributed by atoms with Crippen molar-refractivity contribution in [3.8, 4) is 0 Å². The maximum Gasteiger partial charge on any atom is 0.329 e. The third-order valence-corrected chi connectivity index (χ3v) is 2.45. The summed E-state index contributed by atoms with van der Waals surface area (Å²) in [5, 5.41) is 10.9. The van der Waals surface area contributed by atoms with E-state index in [4.69, 9.17) is 15.6 Å². The van der Waals surface area contributed by atoms with Gasteiger partial charge in [0, 0.05) is 12.2 Å². The number of nitrogens with two attached hydrogens (primary N) is 1. The van der Waals surface area contributed by atoms with E-state index in [9.17, 15) is 14.4 Å². The summed E-state index contributed by atoms with van der Waals surface area (Å²) in [7, 11) is 0. The van der Waals surface area contributed by atoms with Crippen molar-refractivity contribution >= 4 is 30.5 Å². The zero-order chi connectivity index (χ0) is 14.1. The SMILES string of the molecule is CCOC(=O)[C@H](CS)NC(=O)CCC(N)C(=O)O. The lowest BCUT2D eigenvalue weighted by molar-refractivity contribution is -0.146. The van der Waals surface area contributed by atoms with Crippen LogP contribution in [0.1, 0.15) is 19.8 Å². The molecule has 18 heavy (non-hydrogen) atoms. The summed E-state index contributed by atoms with van der Waals surface area (Å²) >= 11 is 3.93. The molecule has 0 aromatic heterocycles. The van der Waals surface area contributed by atoms with Crippen LogP contribution in [-0.2, 0) is 19.1 Å². The fourth-order valence-corrected chi connectivity index (χ4v) is 1.34. The Hall–Kier alpha value is -1.28. The number of hydrogen-bond donors (Lipinski definition) is 4. The molecule has 0 saturated carbocycles. The molecule has 0 heterocycles. The van der Waals surface area contributed by atoms with Gasteiger partial charge >= 0.3 is 11.9 Å². The molecule has 104 valence electrons. The number of amides is 1. The van der Waals surface area contributed by atoms with Crippen molar-refractivity contribution in [2.24, 2.45) is 5.73 Å². The van der Waals surface area contributed by atoms with E-state index in [1.807, 2.05) is 0 Å². The van der Waals surface area contributed by atoms with Gasteiger partial charge in [0.05, 0.1) is 6.61 Å². The highest BCUT2D eigenvalue weighted by molar-refractivity contribution is 7.80. The quantitative estimate of drug-likeness (QED) is 0.339. The Morgan fingerprint density at radius 2 is 2.06 bits per heavy atom. The van der Waals surface area contributed by atoms with Crippen LogP contribution in [0.5, 0.6) is 0 Å². The first-order chi connectivity index (χ1) is 8.42. The molecule has 2 atom stereocenters. The molecule has 0 radical (unpaired) electrons. The molecular weight excluding hydrogens is 260 g/mol. The molecule has 0 aliphatic carbocycles. The molecular formula is C10H18N2O5S. The smallest absolute Gasteiger partial charge is 0.329 e. The maximum atomic E-state index is 11.4. The van der Waals surface area contributed by atoms with E-state index in [1.165, 1.54) is 0 Å². The van der Waals surface area contributed by atoms with E-state index in [0.29, 0.717) is 0 Å². The van der Waals surface area contributed by atoms with Crippen LogP contribution < -0.4 is 11.1 Å². The fourth-order valence-electron chi connectivity index (χ4n) is 1.10. The summed E-state index contributed by atoms with van der Waals surface area (Å²) in [5.41, 5.74) is 5.25. The molecule has 1 amide bonds. The number of aliphatic carboxylic acids is 1. The largest absolute Gasteiger partial charge is 0.480 e. The van der Waals surface area contributed by atoms with E-state index in [0.717, 1.165) is 0 Å². The minimum Gasteiger partial charge on any atom is -0.480 e. The van der Waals surface area contributed by atoms with Crippen LogP contribution in [0.2, 0.25) is 0 Å². The average Bonchev–Trinajstić information content (AvgIpc) is 2.32. The van der Waals surface area contributed by atoms with Gasteiger partial charge in [0.15, 0.2) is 0 Å². The summed E-state index contributed by atoms with van der Waals surface area (Å²) in [6, 6.07) is -1.92. The van der Waals surface area contributed by atoms with Gasteiger partial charge in [0.1, 0.15) is 12.1 Å². The maximum absolute atomic E-state index is 11.4. The van der Waals surface area contributed by atoms with Crippen LogP contribution in [0, 0.1) is 0 Å². The number of ether oxygens (including phenoxy) is 1. The van der Waals surface area contributed by atoms with Gasteiger partial charge < -0.3 is 20.9 Å². The Bertz CT molecular complexity index is 311. The third kappa shape index (κ3) is 6.45. The molecule has 7 nitrogen and oxygen atoms in total. The van der Waals surface area contributed by atoms with Crippen molar-refractivity contribution in [1.29, 1.82) is 0 Å². The van der Waals surface area contributed by atoms with Crippen LogP contribution in [0.3, 0.4) is 0 Å². The van der Waals surface area contributed by atoms with E-state index in [2.05, 4.69) is 17.9 Å². The molecule has 0 aliphatic heterocycles. The number of nitrogens with one attached hydrogen (secondary N) is 1. The first kappa shape index (κ1) is 16.7. The monoisotopic (exact) mass is 278 g/mol. The zero-order valence-corrected chi connectivity index (χ0v) is 11.0. The molecule has 1 unspecified atom stereocenters. The average molecular weight is 278 g/mol. The van der Waals surface area contributed by atoms with E-state index in [1.54, 1.807) is 6.92 Å². The molecule has 0 rings (SSSR count). The molecule has 0 aromatic carbocycles. The lowest BCUT2D eigenvalue weighted by atomic mass is 10.1. The molecule has 0 aromatic rings. The second-order valence-electron chi connectivity index (χ2n) is 3.54. The van der Waals surface area contributed by atoms with Gasteiger partial charge in [-0.25, -0.2) is 4.79 Å². The molecule has 0 saturated heterocycles. The summed E-state index contributed by atoms with van der Waals surface area (Å²) < 4.78 is 4.74. The fraction of sp³-hybridized carbons (Fsp3) is 0.700. The molecule has 0 bridgehead atoms. The predicted octanol–water partition coefficient (Wildman–Crippen LogP) is -0.844. The summed E-state index contributed by atoms with van der Waals surface area (Å²) in [6.45, 7) is 1.87. The minimum absolute atomic E-state index is 0.00326. The van der Waals surface area contributed by atoms with Gasteiger partial charge in [-0.05, 0) is 13.3 Å². The second kappa shape index (κ2) is 8.76. The standard InChI is InChI=1S/C10H18N2O5S/c1-2-17-10(16)7(5-18)12-8(13)4-3-6(11)9(14)15/h6-7,18H,2-5,11H2,1H3,(H,12,13)(H,14,15)/t6?,7-/m0/s1. The topological polar surface area (TPSA) is 119 Å². The van der Waals surface area contributed by atoms with Crippen LogP contribution in [0.15, 0.2) is 0 Å². The Morgan fingerprint density at radius 3 is 2.50 bits per heavy atom. The van der Waals surface area contributed by atoms with Crippen LogP contribution >= 0.6 is 12.6 Å². The molecule has 4 N–H and O–H groups in total. The number of thiol groups is 1. The van der Waals surface area contributed by atoms with Gasteiger partial charge in [0.25, 0.3) is 0 Å². The number of carbonyl (C=O) groups is 3. The summed E-state index contributed by atoms with van der Waals surface area (Å²) in [4.78, 5) is 33.2. The zero-order valence-electron chi connectivity index (χ0n) is 10.1. The first-order valence-corrected chi connectivity index (χ1v) is 6.10. The van der Waals surface area contributed by atoms with Crippen molar-refractivity contribution in [3.63, 3.8) is 0 Å². The third-order valence-electron chi connectivity index (χ3n) is 2.09. The van der Waals surface area contributed by atoms with Gasteiger partial charge in [-0.15, -0.1) is 0 Å². The van der Waals surface area contributed by atoms with Crippen molar-refractivity contribution in [1.82, 2.24) is 5.32 Å². The van der Waals surface area contributed by atoms with Crippen LogP contribution in [0.4, 0.5) is 0 Å². The normalized spacial score (nSPS) is 13.5. The van der Waals surface area contributed by atoms with Crippen LogP contribution in [0.25, 0.3) is 0 Å². The molecule has 0 fully saturated rings. The van der Waals surface area contributed by atoms with Gasteiger partial charge in [-0.2, -0.15) is 12.6 Å². The van der Waals surface area contributed by atoms with Crippen LogP contribution in [-0.4, -0.2) is 47.4 Å². The number of carbonyl (C=O) groups excluding carboxylic acids is 2. The Kier molecular flexibility index (Phi) is 8.14. The Labute approximate surface area is 110 Å². The van der Waals surface area contributed by atoms with Crippen molar-refractivity contribution in [2.45, 2.75) is 31.8 Å². The Balaban J connectivity index is 4.12. The van der Waals surface area contributed by atoms with E-state index >= 15 is 0 Å². The second-order valence-corrected chi connectivity index (χ2v) is 3.90. The van der Waals surface area contributed by atoms with Gasteiger partial charge in [-0.1, -0.05) is 0 Å². The number of carboxylic acid groups (broad SMARTS) is 1. The van der Waals surface area contributed by atoms with Crippen molar-refractivity contribution < 1.29 is 24.2 Å². The van der Waals surface area contributed by atoms with E-state index in [-0.39, 0.29) is 25.2 Å². The molecule has 0 aliphatic rings. The summed E-state index contributed by atoms with van der Waals surface area (Å²) in [6.07, 6.45) is -0.0690. The van der Waals surface area contributed by atoms with Gasteiger partial charge in [0.2, 0.25) is 5.91 Å². The number of carboxylic acids is 1. The number of rotatable bonds is 8. The van der Waals surface area contributed by atoms with E-state index < -0.39 is 29.9 Å². The minimum atomic E-state index is -1.17. The van der Waals surface area contributed by atoms with Gasteiger partial charge in [-0.3, -0.25) is 9.59 Å². The lowest BCUT2D eigenvalue weighted by Crippen LogP contribution is -2.43.